The molecule has 154 valence electrons. The first-order chi connectivity index (χ1) is 11.9. The fourth-order valence-electron chi connectivity index (χ4n) is 1.19. The number of hydrogen-bond donors (Lipinski definition) is 3. The van der Waals surface area contributed by atoms with Crippen molar-refractivity contribution in [1.29, 1.82) is 0 Å². The van der Waals surface area contributed by atoms with Gasteiger partial charge in [0.15, 0.2) is 0 Å². The highest BCUT2D eigenvalue weighted by Gasteiger charge is 1.93. The van der Waals surface area contributed by atoms with Gasteiger partial charge in [0.1, 0.15) is 0 Å². The van der Waals surface area contributed by atoms with Crippen LogP contribution in [0.3, 0.4) is 0 Å². The SMILES string of the molecule is COCCOCCOCCOCCOCCOCCO.O=S(=O)(O)O. The van der Waals surface area contributed by atoms with E-state index in [0.29, 0.717) is 72.7 Å². The molecule has 3 N–H and O–H groups in total. The standard InChI is InChI=1S/C13H28O7.H2O4S/c1-15-4-5-17-8-9-19-12-13-20-11-10-18-7-6-16-3-2-14;1-5(2,3)4/h14H,2-13H2,1H3;(H2,1,2,3,4). The molecule has 0 aliphatic heterocycles. The summed E-state index contributed by atoms with van der Waals surface area (Å²) in [4.78, 5) is 0. The Morgan fingerprint density at radius 1 is 0.600 bits per heavy atom. The number of rotatable bonds is 17. The van der Waals surface area contributed by atoms with Crippen LogP contribution in [0.1, 0.15) is 0 Å². The Morgan fingerprint density at radius 2 is 0.840 bits per heavy atom. The summed E-state index contributed by atoms with van der Waals surface area (Å²) in [5.41, 5.74) is 0. The van der Waals surface area contributed by atoms with Crippen LogP contribution in [0.2, 0.25) is 0 Å². The molecule has 0 rings (SSSR count). The van der Waals surface area contributed by atoms with E-state index in [1.54, 1.807) is 7.11 Å². The molecule has 0 aliphatic carbocycles. The number of methoxy groups -OCH3 is 1. The molecule has 11 nitrogen and oxygen atoms in total. The summed E-state index contributed by atoms with van der Waals surface area (Å²) < 4.78 is 62.6. The Labute approximate surface area is 148 Å². The topological polar surface area (TPSA) is 150 Å². The second kappa shape index (κ2) is 21.6. The lowest BCUT2D eigenvalue weighted by Gasteiger charge is -2.07. The highest BCUT2D eigenvalue weighted by molar-refractivity contribution is 7.79. The quantitative estimate of drug-likeness (QED) is 0.207. The van der Waals surface area contributed by atoms with Gasteiger partial charge in [-0.1, -0.05) is 0 Å². The monoisotopic (exact) mass is 394 g/mol. The number of hydrogen-bond acceptors (Lipinski definition) is 9. The smallest absolute Gasteiger partial charge is 0.394 e. The van der Waals surface area contributed by atoms with E-state index in [1.807, 2.05) is 0 Å². The molecule has 0 bridgehead atoms. The Kier molecular flexibility index (Phi) is 23.2. The van der Waals surface area contributed by atoms with Crippen molar-refractivity contribution in [3.05, 3.63) is 0 Å². The number of aliphatic hydroxyl groups is 1. The molecule has 25 heavy (non-hydrogen) atoms. The lowest BCUT2D eigenvalue weighted by atomic mass is 10.7. The van der Waals surface area contributed by atoms with Crippen molar-refractivity contribution in [2.24, 2.45) is 0 Å². The van der Waals surface area contributed by atoms with Crippen molar-refractivity contribution in [1.82, 2.24) is 0 Å². The maximum absolute atomic E-state index is 8.74. The van der Waals surface area contributed by atoms with Crippen LogP contribution < -0.4 is 0 Å². The van der Waals surface area contributed by atoms with E-state index in [4.69, 9.17) is 51.1 Å². The third-order valence-electron chi connectivity index (χ3n) is 2.16. The van der Waals surface area contributed by atoms with Gasteiger partial charge in [-0.2, -0.15) is 8.42 Å². The molecule has 0 amide bonds. The first-order valence-corrected chi connectivity index (χ1v) is 9.00. The Bertz CT molecular complexity index is 311. The first-order valence-electron chi connectivity index (χ1n) is 7.60. The van der Waals surface area contributed by atoms with Crippen molar-refractivity contribution < 1.29 is 51.1 Å². The molecule has 0 aromatic heterocycles. The van der Waals surface area contributed by atoms with Crippen molar-refractivity contribution in [3.8, 4) is 0 Å². The molecule has 0 saturated heterocycles. The molecule has 0 radical (unpaired) electrons. The van der Waals surface area contributed by atoms with Gasteiger partial charge >= 0.3 is 10.4 Å². The maximum Gasteiger partial charge on any atom is 0.394 e. The Morgan fingerprint density at radius 3 is 1.08 bits per heavy atom. The van der Waals surface area contributed by atoms with Gasteiger partial charge in [0.25, 0.3) is 0 Å². The molecule has 0 aromatic rings. The normalized spacial score (nSPS) is 11.2. The van der Waals surface area contributed by atoms with Crippen LogP contribution in [0.25, 0.3) is 0 Å². The summed E-state index contributed by atoms with van der Waals surface area (Å²) in [5, 5.41) is 8.47. The van der Waals surface area contributed by atoms with Crippen LogP contribution in [0.5, 0.6) is 0 Å². The zero-order chi connectivity index (χ0) is 19.2. The molecule has 0 atom stereocenters. The molecule has 0 heterocycles. The van der Waals surface area contributed by atoms with E-state index >= 15 is 0 Å². The van der Waals surface area contributed by atoms with Crippen LogP contribution in [-0.4, -0.2) is 109 Å². The average molecular weight is 394 g/mol. The van der Waals surface area contributed by atoms with E-state index in [0.717, 1.165) is 0 Å². The van der Waals surface area contributed by atoms with Gasteiger partial charge in [-0.05, 0) is 0 Å². The second-order valence-corrected chi connectivity index (χ2v) is 5.12. The van der Waals surface area contributed by atoms with Gasteiger partial charge in [-0.25, -0.2) is 0 Å². The van der Waals surface area contributed by atoms with Gasteiger partial charge in [0.05, 0.1) is 79.3 Å². The fourth-order valence-corrected chi connectivity index (χ4v) is 1.19. The molecular formula is C13H30O11S. The summed E-state index contributed by atoms with van der Waals surface area (Å²) in [6.45, 7) is 5.89. The van der Waals surface area contributed by atoms with E-state index < -0.39 is 10.4 Å². The van der Waals surface area contributed by atoms with E-state index in [9.17, 15) is 0 Å². The van der Waals surface area contributed by atoms with Gasteiger partial charge in [-0.3, -0.25) is 9.11 Å². The van der Waals surface area contributed by atoms with Crippen molar-refractivity contribution >= 4 is 10.4 Å². The van der Waals surface area contributed by atoms with Crippen molar-refractivity contribution in [2.45, 2.75) is 0 Å². The second-order valence-electron chi connectivity index (χ2n) is 4.23. The lowest BCUT2D eigenvalue weighted by Crippen LogP contribution is -2.14. The first kappa shape index (κ1) is 26.8. The average Bonchev–Trinajstić information content (AvgIpc) is 2.53. The largest absolute Gasteiger partial charge is 0.394 e. The van der Waals surface area contributed by atoms with Crippen LogP contribution in [0.15, 0.2) is 0 Å². The van der Waals surface area contributed by atoms with Crippen LogP contribution in [0.4, 0.5) is 0 Å². The van der Waals surface area contributed by atoms with E-state index in [2.05, 4.69) is 0 Å². The third-order valence-corrected chi connectivity index (χ3v) is 2.16. The van der Waals surface area contributed by atoms with Crippen LogP contribution >= 0.6 is 0 Å². The van der Waals surface area contributed by atoms with Crippen molar-refractivity contribution in [3.63, 3.8) is 0 Å². The van der Waals surface area contributed by atoms with Gasteiger partial charge in [0, 0.05) is 7.11 Å². The molecule has 0 fully saturated rings. The Hall–Kier alpha value is -0.410. The predicted molar refractivity (Wildman–Crippen MR) is 87.2 cm³/mol. The van der Waals surface area contributed by atoms with E-state index in [1.165, 1.54) is 0 Å². The summed E-state index contributed by atoms with van der Waals surface area (Å²) in [6.07, 6.45) is 0. The lowest BCUT2D eigenvalue weighted by molar-refractivity contribution is -0.0163. The Balaban J connectivity index is 0. The third kappa shape index (κ3) is 40.0. The van der Waals surface area contributed by atoms with Gasteiger partial charge in [0.2, 0.25) is 0 Å². The minimum absolute atomic E-state index is 0.0422. The van der Waals surface area contributed by atoms with Gasteiger partial charge < -0.3 is 33.5 Å². The molecular weight excluding hydrogens is 364 g/mol. The summed E-state index contributed by atoms with van der Waals surface area (Å²) in [7, 11) is -3.02. The van der Waals surface area contributed by atoms with Gasteiger partial charge in [-0.15, -0.1) is 0 Å². The van der Waals surface area contributed by atoms with Crippen LogP contribution in [-0.2, 0) is 38.8 Å². The van der Waals surface area contributed by atoms with Crippen LogP contribution in [0, 0.1) is 0 Å². The summed E-state index contributed by atoms with van der Waals surface area (Å²) in [5.74, 6) is 0. The van der Waals surface area contributed by atoms with E-state index in [-0.39, 0.29) is 6.61 Å². The molecule has 0 unspecified atom stereocenters. The number of aliphatic hydroxyl groups excluding tert-OH is 1. The fraction of sp³-hybridized carbons (Fsp3) is 1.00. The number of ether oxygens (including phenoxy) is 6. The maximum atomic E-state index is 8.74. The highest BCUT2D eigenvalue weighted by Crippen LogP contribution is 1.83. The predicted octanol–water partition coefficient (Wildman–Crippen LogP) is -0.945. The molecule has 12 heteroatoms. The molecule has 0 aliphatic rings. The molecule has 0 spiro atoms. The zero-order valence-corrected chi connectivity index (χ0v) is 15.3. The molecule has 0 aromatic carbocycles. The van der Waals surface area contributed by atoms with Crippen molar-refractivity contribution in [2.75, 3.05) is 86.4 Å². The summed E-state index contributed by atoms with van der Waals surface area (Å²) in [6, 6.07) is 0. The zero-order valence-electron chi connectivity index (χ0n) is 14.5. The molecule has 0 saturated carbocycles. The highest BCUT2D eigenvalue weighted by atomic mass is 32.3. The summed E-state index contributed by atoms with van der Waals surface area (Å²) >= 11 is 0. The minimum atomic E-state index is -4.67. The minimum Gasteiger partial charge on any atom is -0.394 e.